The Balaban J connectivity index is 2.17. The van der Waals surface area contributed by atoms with E-state index in [9.17, 15) is 18.0 Å². The Morgan fingerprint density at radius 1 is 0.952 bits per heavy atom. The highest BCUT2D eigenvalue weighted by Crippen LogP contribution is 2.35. The van der Waals surface area contributed by atoms with Crippen LogP contribution in [0.2, 0.25) is 15.1 Å². The Labute approximate surface area is 262 Å². The first-order valence-corrected chi connectivity index (χ1v) is 15.7. The number of methoxy groups -OCH3 is 1. The molecule has 3 rings (SSSR count). The molecule has 0 saturated heterocycles. The molecule has 226 valence electrons. The molecule has 1 N–H and O–H groups in total. The highest BCUT2D eigenvalue weighted by atomic mass is 35.5. The number of hydrogen-bond acceptors (Lipinski definition) is 5. The molecule has 0 aliphatic carbocycles. The average molecular weight is 655 g/mol. The summed E-state index contributed by atoms with van der Waals surface area (Å²) in [6.07, 6.45) is 0.238. The van der Waals surface area contributed by atoms with E-state index in [0.717, 1.165) is 4.31 Å². The number of amides is 2. The molecule has 0 spiro atoms. The molecule has 12 heteroatoms. The van der Waals surface area contributed by atoms with Gasteiger partial charge in [0.1, 0.15) is 18.3 Å². The Morgan fingerprint density at radius 2 is 1.57 bits per heavy atom. The fraction of sp³-hybridized carbons (Fsp3) is 0.333. The van der Waals surface area contributed by atoms with E-state index < -0.39 is 40.0 Å². The van der Waals surface area contributed by atoms with Crippen molar-refractivity contribution < 1.29 is 22.7 Å². The minimum absolute atomic E-state index is 0.0435. The van der Waals surface area contributed by atoms with E-state index in [1.54, 1.807) is 49.4 Å². The van der Waals surface area contributed by atoms with Crippen molar-refractivity contribution in [3.8, 4) is 5.75 Å². The van der Waals surface area contributed by atoms with Crippen molar-refractivity contribution in [3.05, 3.63) is 87.4 Å². The molecule has 0 aliphatic rings. The molecule has 1 atom stereocenters. The van der Waals surface area contributed by atoms with Crippen LogP contribution in [0.25, 0.3) is 0 Å². The van der Waals surface area contributed by atoms with E-state index in [0.29, 0.717) is 15.6 Å². The van der Waals surface area contributed by atoms with Crippen LogP contribution in [0, 0.1) is 0 Å². The number of ether oxygens (including phenoxy) is 1. The van der Waals surface area contributed by atoms with Crippen LogP contribution in [0.5, 0.6) is 5.75 Å². The predicted octanol–water partition coefficient (Wildman–Crippen LogP) is 6.57. The van der Waals surface area contributed by atoms with E-state index in [1.165, 1.54) is 36.3 Å². The number of sulfonamides is 1. The second kappa shape index (κ2) is 14.0. The molecule has 0 unspecified atom stereocenters. The van der Waals surface area contributed by atoms with Gasteiger partial charge >= 0.3 is 0 Å². The van der Waals surface area contributed by atoms with E-state index in [1.807, 2.05) is 20.8 Å². The Morgan fingerprint density at radius 3 is 2.12 bits per heavy atom. The maximum absolute atomic E-state index is 14.3. The summed E-state index contributed by atoms with van der Waals surface area (Å²) < 4.78 is 34.5. The quantitative estimate of drug-likeness (QED) is 0.252. The predicted molar refractivity (Wildman–Crippen MR) is 168 cm³/mol. The van der Waals surface area contributed by atoms with Crippen molar-refractivity contribution >= 4 is 62.3 Å². The third kappa shape index (κ3) is 8.10. The summed E-state index contributed by atoms with van der Waals surface area (Å²) in [7, 11) is -2.92. The zero-order chi connectivity index (χ0) is 31.2. The van der Waals surface area contributed by atoms with Crippen molar-refractivity contribution in [1.29, 1.82) is 0 Å². The van der Waals surface area contributed by atoms with Crippen molar-refractivity contribution in [2.45, 2.75) is 57.1 Å². The summed E-state index contributed by atoms with van der Waals surface area (Å²) in [5.74, 6) is -0.882. The van der Waals surface area contributed by atoms with Gasteiger partial charge in [-0.1, -0.05) is 66.0 Å². The summed E-state index contributed by atoms with van der Waals surface area (Å²) in [5, 5.41) is 3.76. The smallest absolute Gasteiger partial charge is 0.264 e. The molecule has 0 aliphatic heterocycles. The first-order chi connectivity index (χ1) is 19.7. The number of hydrogen-bond donors (Lipinski definition) is 1. The Bertz CT molecular complexity index is 1510. The van der Waals surface area contributed by atoms with Gasteiger partial charge in [-0.3, -0.25) is 13.9 Å². The Hall–Kier alpha value is -2.98. The van der Waals surface area contributed by atoms with Crippen LogP contribution in [0.4, 0.5) is 5.69 Å². The first-order valence-electron chi connectivity index (χ1n) is 13.1. The molecule has 8 nitrogen and oxygen atoms in total. The Kier molecular flexibility index (Phi) is 11.2. The molecule has 0 radical (unpaired) electrons. The highest BCUT2D eigenvalue weighted by Gasteiger charge is 2.36. The van der Waals surface area contributed by atoms with Crippen LogP contribution in [0.15, 0.2) is 71.6 Å². The molecular weight excluding hydrogens is 621 g/mol. The van der Waals surface area contributed by atoms with E-state index in [-0.39, 0.29) is 34.3 Å². The van der Waals surface area contributed by atoms with Gasteiger partial charge in [0.2, 0.25) is 11.8 Å². The van der Waals surface area contributed by atoms with Gasteiger partial charge in [0.15, 0.2) is 0 Å². The molecule has 42 heavy (non-hydrogen) atoms. The molecule has 0 saturated carbocycles. The average Bonchev–Trinajstić information content (AvgIpc) is 2.92. The van der Waals surface area contributed by atoms with Crippen LogP contribution in [0.1, 0.15) is 39.7 Å². The summed E-state index contributed by atoms with van der Waals surface area (Å²) in [6, 6.07) is 16.1. The molecule has 0 heterocycles. The number of rotatable bonds is 11. The lowest BCUT2D eigenvalue weighted by Crippen LogP contribution is -2.55. The zero-order valence-corrected chi connectivity index (χ0v) is 27.1. The number of benzene rings is 3. The third-order valence-electron chi connectivity index (χ3n) is 6.29. The van der Waals surface area contributed by atoms with Crippen LogP contribution >= 0.6 is 34.8 Å². The number of anilines is 1. The molecular formula is C30H34Cl3N3O5S. The summed E-state index contributed by atoms with van der Waals surface area (Å²) in [5.41, 5.74) is -0.0999. The van der Waals surface area contributed by atoms with Crippen LogP contribution in [0.3, 0.4) is 0 Å². The van der Waals surface area contributed by atoms with Gasteiger partial charge in [0, 0.05) is 32.7 Å². The lowest BCUT2D eigenvalue weighted by Gasteiger charge is -2.35. The van der Waals surface area contributed by atoms with E-state index in [4.69, 9.17) is 39.5 Å². The topological polar surface area (TPSA) is 96.0 Å². The number of carbonyl (C=O) groups is 2. The molecule has 0 fully saturated rings. The van der Waals surface area contributed by atoms with E-state index in [2.05, 4.69) is 5.32 Å². The third-order valence-corrected chi connectivity index (χ3v) is 9.01. The summed E-state index contributed by atoms with van der Waals surface area (Å²) in [4.78, 5) is 29.0. The van der Waals surface area contributed by atoms with Crippen LogP contribution in [-0.2, 0) is 26.2 Å². The number of nitrogens with one attached hydrogen (secondary N) is 1. The lowest BCUT2D eigenvalue weighted by molar-refractivity contribution is -0.141. The fourth-order valence-corrected chi connectivity index (χ4v) is 6.44. The number of halogens is 3. The fourth-order valence-electron chi connectivity index (χ4n) is 4.32. The maximum Gasteiger partial charge on any atom is 0.264 e. The highest BCUT2D eigenvalue weighted by molar-refractivity contribution is 7.92. The molecule has 0 bridgehead atoms. The van der Waals surface area contributed by atoms with Gasteiger partial charge in [0.05, 0.1) is 17.7 Å². The van der Waals surface area contributed by atoms with Crippen molar-refractivity contribution in [1.82, 2.24) is 10.2 Å². The monoisotopic (exact) mass is 653 g/mol. The van der Waals surface area contributed by atoms with Gasteiger partial charge in [0.25, 0.3) is 10.0 Å². The maximum atomic E-state index is 14.3. The van der Waals surface area contributed by atoms with Gasteiger partial charge in [-0.25, -0.2) is 8.42 Å². The molecule has 0 aromatic heterocycles. The van der Waals surface area contributed by atoms with Gasteiger partial charge in [-0.05, 0) is 69.7 Å². The number of carbonyl (C=O) groups excluding carboxylic acids is 2. The molecule has 3 aromatic rings. The SMILES string of the molecule is CC[C@H](C(=O)NC(C)(C)C)N(Cc1c(Cl)cccc1Cl)C(=O)CN(c1cc(Cl)ccc1OC)S(=O)(=O)c1ccccc1. The van der Waals surface area contributed by atoms with Gasteiger partial charge in [-0.15, -0.1) is 0 Å². The molecule has 2 amide bonds. The van der Waals surface area contributed by atoms with E-state index >= 15 is 0 Å². The standard InChI is InChI=1S/C30H34Cl3N3O5S/c1-6-25(29(38)34-30(2,3)4)35(18-22-23(32)13-10-14-24(22)33)28(37)19-36(26-17-20(31)15-16-27(26)41-5)42(39,40)21-11-8-7-9-12-21/h7-17,25H,6,18-19H2,1-5H3,(H,34,38)/t25-/m1/s1. The molecule has 3 aromatic carbocycles. The van der Waals surface area contributed by atoms with Crippen molar-refractivity contribution in [2.75, 3.05) is 18.0 Å². The van der Waals surface area contributed by atoms with Crippen LogP contribution < -0.4 is 14.4 Å². The van der Waals surface area contributed by atoms with Gasteiger partial charge in [-0.2, -0.15) is 0 Å². The first kappa shape index (κ1) is 33.5. The van der Waals surface area contributed by atoms with Crippen molar-refractivity contribution in [3.63, 3.8) is 0 Å². The number of nitrogens with zero attached hydrogens (tertiary/aromatic N) is 2. The summed E-state index contributed by atoms with van der Waals surface area (Å²) >= 11 is 19.2. The van der Waals surface area contributed by atoms with Gasteiger partial charge < -0.3 is 15.0 Å². The van der Waals surface area contributed by atoms with Crippen LogP contribution in [-0.4, -0.2) is 50.4 Å². The minimum Gasteiger partial charge on any atom is -0.495 e. The minimum atomic E-state index is -4.31. The second-order valence-electron chi connectivity index (χ2n) is 10.5. The lowest BCUT2D eigenvalue weighted by atomic mass is 10.1. The normalized spacial score (nSPS) is 12.4. The second-order valence-corrected chi connectivity index (χ2v) is 13.6. The van der Waals surface area contributed by atoms with Crippen molar-refractivity contribution in [2.24, 2.45) is 0 Å². The summed E-state index contributed by atoms with van der Waals surface area (Å²) in [6.45, 7) is 6.44. The largest absolute Gasteiger partial charge is 0.495 e. The zero-order valence-electron chi connectivity index (χ0n) is 24.0.